The van der Waals surface area contributed by atoms with E-state index in [1.165, 1.54) is 11.3 Å². The molecule has 0 saturated carbocycles. The van der Waals surface area contributed by atoms with Crippen molar-refractivity contribution in [2.45, 2.75) is 59.4 Å². The number of rotatable bonds is 5. The lowest BCUT2D eigenvalue weighted by molar-refractivity contribution is -0.122. The molecule has 35 heavy (non-hydrogen) atoms. The van der Waals surface area contributed by atoms with Crippen molar-refractivity contribution in [2.75, 3.05) is 23.0 Å². The number of nitrogens with zero attached hydrogens (tertiary/aromatic N) is 2. The Balaban J connectivity index is 1.76. The molecule has 2 aromatic carbocycles. The van der Waals surface area contributed by atoms with Gasteiger partial charge in [0, 0.05) is 23.8 Å². The van der Waals surface area contributed by atoms with E-state index in [9.17, 15) is 14.4 Å². The zero-order valence-corrected chi connectivity index (χ0v) is 21.3. The molecule has 1 unspecified atom stereocenters. The highest BCUT2D eigenvalue weighted by molar-refractivity contribution is 6.39. The highest BCUT2D eigenvalue weighted by Gasteiger charge is 2.38. The van der Waals surface area contributed by atoms with E-state index in [2.05, 4.69) is 50.0 Å². The third-order valence-electron chi connectivity index (χ3n) is 6.88. The topological polar surface area (TPSA) is 79.0 Å². The fourth-order valence-electron chi connectivity index (χ4n) is 5.33. The maximum absolute atomic E-state index is 13.4. The van der Waals surface area contributed by atoms with Crippen LogP contribution in [0.4, 0.5) is 16.2 Å². The van der Waals surface area contributed by atoms with Crippen LogP contribution in [0.25, 0.3) is 6.08 Å². The summed E-state index contributed by atoms with van der Waals surface area (Å²) in [6, 6.07) is 10.2. The Hall–Kier alpha value is -3.61. The highest BCUT2D eigenvalue weighted by Crippen LogP contribution is 2.44. The molecular formula is C28H33N3O4. The van der Waals surface area contributed by atoms with Crippen LogP contribution in [-0.4, -0.2) is 36.5 Å². The third kappa shape index (κ3) is 4.43. The number of nitrogens with one attached hydrogen (secondary N) is 1. The molecule has 4 amide bonds. The first-order valence-corrected chi connectivity index (χ1v) is 12.1. The predicted molar refractivity (Wildman–Crippen MR) is 138 cm³/mol. The van der Waals surface area contributed by atoms with Crippen molar-refractivity contribution in [1.29, 1.82) is 0 Å². The summed E-state index contributed by atoms with van der Waals surface area (Å²) >= 11 is 0. The lowest BCUT2D eigenvalue weighted by Crippen LogP contribution is -2.54. The average molecular weight is 476 g/mol. The molecule has 4 rings (SSSR count). The molecule has 7 heteroatoms. The highest BCUT2D eigenvalue weighted by atomic mass is 16.5. The molecule has 0 aliphatic carbocycles. The van der Waals surface area contributed by atoms with Crippen molar-refractivity contribution in [3.8, 4) is 5.75 Å². The van der Waals surface area contributed by atoms with Crippen LogP contribution in [0.3, 0.4) is 0 Å². The smallest absolute Gasteiger partial charge is 0.335 e. The number of fused-ring (bicyclic) bond motifs is 1. The maximum atomic E-state index is 13.4. The molecule has 0 bridgehead atoms. The molecular weight excluding hydrogens is 442 g/mol. The number of aryl methyl sites for hydroxylation is 1. The molecule has 1 saturated heterocycles. The zero-order valence-electron chi connectivity index (χ0n) is 21.3. The summed E-state index contributed by atoms with van der Waals surface area (Å²) in [4.78, 5) is 42.1. The van der Waals surface area contributed by atoms with Crippen molar-refractivity contribution in [1.82, 2.24) is 5.32 Å². The first-order chi connectivity index (χ1) is 16.6. The standard InChI is InChI=1S/C28H33N3O4/c1-7-30-24-12-17(3)19(13-22(24)18(4)16-28(30,5)6)14-23-25(32)29-27(34)31(26(23)33)20-10-9-11-21(15-20)35-8-2/h9-15,18H,7-8,16H2,1-6H3,(H,29,32,34)/b23-14+. The van der Waals surface area contributed by atoms with E-state index >= 15 is 0 Å². The minimum Gasteiger partial charge on any atom is -0.494 e. The number of barbiturate groups is 1. The van der Waals surface area contributed by atoms with Crippen molar-refractivity contribution in [2.24, 2.45) is 0 Å². The van der Waals surface area contributed by atoms with E-state index in [1.54, 1.807) is 30.3 Å². The second-order valence-electron chi connectivity index (χ2n) is 9.82. The van der Waals surface area contributed by atoms with Crippen LogP contribution in [0.2, 0.25) is 0 Å². The molecule has 2 heterocycles. The Morgan fingerprint density at radius 3 is 2.57 bits per heavy atom. The molecule has 184 valence electrons. The number of benzene rings is 2. The lowest BCUT2D eigenvalue weighted by Gasteiger charge is -2.47. The van der Waals surface area contributed by atoms with Gasteiger partial charge in [0.1, 0.15) is 11.3 Å². The van der Waals surface area contributed by atoms with Gasteiger partial charge in [-0.3, -0.25) is 14.9 Å². The Labute approximate surface area is 206 Å². The van der Waals surface area contributed by atoms with Crippen LogP contribution >= 0.6 is 0 Å². The Kier molecular flexibility index (Phi) is 6.45. The molecule has 0 spiro atoms. The van der Waals surface area contributed by atoms with E-state index in [0.29, 0.717) is 24.0 Å². The number of anilines is 2. The number of hydrogen-bond acceptors (Lipinski definition) is 5. The van der Waals surface area contributed by atoms with Gasteiger partial charge in [0.15, 0.2) is 0 Å². The lowest BCUT2D eigenvalue weighted by atomic mass is 9.79. The quantitative estimate of drug-likeness (QED) is 0.477. The summed E-state index contributed by atoms with van der Waals surface area (Å²) in [5.41, 5.74) is 4.46. The van der Waals surface area contributed by atoms with Gasteiger partial charge in [-0.25, -0.2) is 9.69 Å². The Bertz CT molecular complexity index is 1230. The molecule has 1 N–H and O–H groups in total. The number of amides is 4. The molecule has 0 aromatic heterocycles. The Morgan fingerprint density at radius 1 is 1.14 bits per heavy atom. The van der Waals surface area contributed by atoms with Gasteiger partial charge >= 0.3 is 6.03 Å². The number of imide groups is 2. The van der Waals surface area contributed by atoms with Gasteiger partial charge in [-0.15, -0.1) is 0 Å². The van der Waals surface area contributed by atoms with Gasteiger partial charge < -0.3 is 9.64 Å². The average Bonchev–Trinajstić information content (AvgIpc) is 2.77. The summed E-state index contributed by atoms with van der Waals surface area (Å²) in [6.45, 7) is 14.1. The molecule has 1 atom stereocenters. The van der Waals surface area contributed by atoms with Crippen LogP contribution in [0, 0.1) is 6.92 Å². The molecule has 2 aliphatic heterocycles. The van der Waals surface area contributed by atoms with Crippen LogP contribution < -0.4 is 19.9 Å². The van der Waals surface area contributed by atoms with Gasteiger partial charge in [0.25, 0.3) is 11.8 Å². The van der Waals surface area contributed by atoms with E-state index in [4.69, 9.17) is 4.74 Å². The van der Waals surface area contributed by atoms with Crippen molar-refractivity contribution < 1.29 is 19.1 Å². The first-order valence-electron chi connectivity index (χ1n) is 12.1. The normalized spacial score (nSPS) is 20.7. The van der Waals surface area contributed by atoms with E-state index in [-0.39, 0.29) is 11.1 Å². The van der Waals surface area contributed by atoms with Crippen LogP contribution in [-0.2, 0) is 9.59 Å². The fraction of sp³-hybridized carbons (Fsp3) is 0.393. The minimum atomic E-state index is -0.776. The Morgan fingerprint density at radius 2 is 1.89 bits per heavy atom. The predicted octanol–water partition coefficient (Wildman–Crippen LogP) is 5.17. The summed E-state index contributed by atoms with van der Waals surface area (Å²) in [6.07, 6.45) is 2.60. The van der Waals surface area contributed by atoms with Gasteiger partial charge in [-0.05, 0) is 94.0 Å². The first kappa shape index (κ1) is 24.5. The van der Waals surface area contributed by atoms with Crippen molar-refractivity contribution >= 4 is 35.3 Å². The monoisotopic (exact) mass is 475 g/mol. The van der Waals surface area contributed by atoms with Crippen LogP contribution in [0.1, 0.15) is 63.6 Å². The summed E-state index contributed by atoms with van der Waals surface area (Å²) < 4.78 is 5.51. The van der Waals surface area contributed by atoms with Crippen molar-refractivity contribution in [3.63, 3.8) is 0 Å². The number of carbonyl (C=O) groups excluding carboxylic acids is 3. The molecule has 7 nitrogen and oxygen atoms in total. The van der Waals surface area contributed by atoms with Gasteiger partial charge in [-0.1, -0.05) is 13.0 Å². The number of carbonyl (C=O) groups is 3. The van der Waals surface area contributed by atoms with Gasteiger partial charge in [0.05, 0.1) is 12.3 Å². The van der Waals surface area contributed by atoms with Crippen LogP contribution in [0.15, 0.2) is 42.0 Å². The summed E-state index contributed by atoms with van der Waals surface area (Å²) in [7, 11) is 0. The number of ether oxygens (including phenoxy) is 1. The second-order valence-corrected chi connectivity index (χ2v) is 9.82. The minimum absolute atomic E-state index is 0.0453. The van der Waals surface area contributed by atoms with E-state index in [1.807, 2.05) is 13.8 Å². The fourth-order valence-corrected chi connectivity index (χ4v) is 5.33. The molecule has 1 fully saturated rings. The van der Waals surface area contributed by atoms with E-state index in [0.717, 1.165) is 29.0 Å². The molecule has 2 aliphatic rings. The molecule has 0 radical (unpaired) electrons. The SMILES string of the molecule is CCOc1cccc(N2C(=O)NC(=O)/C(=C\c3cc4c(cc3C)N(CC)C(C)(C)CC4C)C2=O)c1. The van der Waals surface area contributed by atoms with E-state index < -0.39 is 17.8 Å². The maximum Gasteiger partial charge on any atom is 0.335 e. The third-order valence-corrected chi connectivity index (χ3v) is 6.88. The zero-order chi connectivity index (χ0) is 25.5. The van der Waals surface area contributed by atoms with Crippen molar-refractivity contribution in [3.05, 3.63) is 58.7 Å². The van der Waals surface area contributed by atoms with Gasteiger partial charge in [-0.2, -0.15) is 0 Å². The summed E-state index contributed by atoms with van der Waals surface area (Å²) in [5.74, 6) is -0.487. The number of hydrogen-bond donors (Lipinski definition) is 1. The molecule has 2 aromatic rings. The second kappa shape index (κ2) is 9.21. The largest absolute Gasteiger partial charge is 0.494 e. The summed E-state index contributed by atoms with van der Waals surface area (Å²) in [5, 5.41) is 2.31. The van der Waals surface area contributed by atoms with Crippen LogP contribution in [0.5, 0.6) is 5.75 Å². The van der Waals surface area contributed by atoms with Gasteiger partial charge in [0.2, 0.25) is 0 Å². The number of urea groups is 1.